The Kier molecular flexibility index (Phi) is 7.48. The number of carbonyl (C=O) groups is 1. The van der Waals surface area contributed by atoms with Crippen LogP contribution in [-0.2, 0) is 19.9 Å². The molecule has 0 aliphatic rings. The van der Waals surface area contributed by atoms with Crippen molar-refractivity contribution in [3.05, 3.63) is 39.4 Å². The van der Waals surface area contributed by atoms with Gasteiger partial charge in [-0.05, 0) is 19.9 Å². The molecule has 0 spiro atoms. The third-order valence-electron chi connectivity index (χ3n) is 3.89. The lowest BCUT2D eigenvalue weighted by Gasteiger charge is -2.17. The Balaban J connectivity index is 2.09. The minimum Gasteiger partial charge on any atom is -0.500 e. The van der Waals surface area contributed by atoms with Gasteiger partial charge in [0.2, 0.25) is 0 Å². The number of hydrogen-bond donors (Lipinski definition) is 2. The fourth-order valence-electron chi connectivity index (χ4n) is 2.22. The topological polar surface area (TPSA) is 102 Å². The number of rotatable bonds is 8. The second kappa shape index (κ2) is 9.42. The van der Waals surface area contributed by atoms with Gasteiger partial charge in [0.25, 0.3) is 0 Å². The first kappa shape index (κ1) is 22.2. The fraction of sp³-hybridized carbons (Fsp3) is 0.421. The Morgan fingerprint density at radius 3 is 2.50 bits per heavy atom. The summed E-state index contributed by atoms with van der Waals surface area (Å²) in [6, 6.07) is 0. The van der Waals surface area contributed by atoms with Crippen LogP contribution < -0.4 is 0 Å². The molecule has 0 saturated heterocycles. The van der Waals surface area contributed by atoms with E-state index < -0.39 is 23.6 Å². The number of ether oxygens (including phenoxy) is 2. The van der Waals surface area contributed by atoms with E-state index in [0.29, 0.717) is 22.2 Å². The maximum atomic E-state index is 11.4. The van der Waals surface area contributed by atoms with Crippen molar-refractivity contribution in [3.8, 4) is 10.7 Å². The van der Waals surface area contributed by atoms with E-state index in [1.807, 2.05) is 10.8 Å². The highest BCUT2D eigenvalue weighted by Crippen LogP contribution is 2.30. The van der Waals surface area contributed by atoms with Crippen LogP contribution in [-0.4, -0.2) is 46.5 Å². The van der Waals surface area contributed by atoms with Crippen molar-refractivity contribution in [1.82, 2.24) is 9.97 Å². The lowest BCUT2D eigenvalue weighted by atomic mass is 10.0. The molecule has 2 aromatic rings. The molecular formula is C19H24N2O5S2. The van der Waals surface area contributed by atoms with Crippen molar-refractivity contribution >= 4 is 34.7 Å². The van der Waals surface area contributed by atoms with Crippen LogP contribution in [0.1, 0.15) is 31.5 Å². The Morgan fingerprint density at radius 1 is 1.21 bits per heavy atom. The number of carbonyl (C=O) groups excluding carboxylic acids is 1. The summed E-state index contributed by atoms with van der Waals surface area (Å²) in [4.78, 5) is 20.3. The second-order valence-electron chi connectivity index (χ2n) is 6.59. The Labute approximate surface area is 172 Å². The molecule has 0 radical (unpaired) electrons. The summed E-state index contributed by atoms with van der Waals surface area (Å²) in [6.45, 7) is 5.13. The van der Waals surface area contributed by atoms with E-state index in [2.05, 4.69) is 14.7 Å². The van der Waals surface area contributed by atoms with Gasteiger partial charge in [0.1, 0.15) is 27.1 Å². The molecule has 7 nitrogen and oxygen atoms in total. The molecule has 0 bridgehead atoms. The minimum atomic E-state index is -0.986. The van der Waals surface area contributed by atoms with Crippen LogP contribution >= 0.6 is 22.7 Å². The van der Waals surface area contributed by atoms with Gasteiger partial charge in [0, 0.05) is 16.7 Å². The smallest absolute Gasteiger partial charge is 0.333 e. The quantitative estimate of drug-likeness (QED) is 0.381. The van der Waals surface area contributed by atoms with Gasteiger partial charge >= 0.3 is 5.97 Å². The average molecular weight is 425 g/mol. The maximum Gasteiger partial charge on any atom is 0.333 e. The van der Waals surface area contributed by atoms with Crippen molar-refractivity contribution in [3.63, 3.8) is 0 Å². The maximum absolute atomic E-state index is 11.4. The van der Waals surface area contributed by atoms with E-state index in [9.17, 15) is 15.0 Å². The molecule has 28 heavy (non-hydrogen) atoms. The summed E-state index contributed by atoms with van der Waals surface area (Å²) < 4.78 is 9.76. The minimum absolute atomic E-state index is 0.324. The molecule has 2 atom stereocenters. The van der Waals surface area contributed by atoms with E-state index in [4.69, 9.17) is 4.74 Å². The highest BCUT2D eigenvalue weighted by molar-refractivity contribution is 7.14. The van der Waals surface area contributed by atoms with Crippen molar-refractivity contribution in [2.75, 3.05) is 14.2 Å². The van der Waals surface area contributed by atoms with Crippen molar-refractivity contribution in [1.29, 1.82) is 0 Å². The first-order chi connectivity index (χ1) is 13.2. The zero-order chi connectivity index (χ0) is 20.9. The van der Waals surface area contributed by atoms with E-state index in [0.717, 1.165) is 5.01 Å². The number of aliphatic hydroxyl groups excluding tert-OH is 1. The first-order valence-electron chi connectivity index (χ1n) is 8.49. The Morgan fingerprint density at radius 2 is 1.93 bits per heavy atom. The number of thiazole rings is 2. The van der Waals surface area contributed by atoms with E-state index in [1.54, 1.807) is 32.9 Å². The molecule has 2 N–H and O–H groups in total. The number of nitrogens with zero attached hydrogens (tertiary/aromatic N) is 2. The van der Waals surface area contributed by atoms with Gasteiger partial charge in [-0.2, -0.15) is 0 Å². The molecule has 0 aliphatic heterocycles. The van der Waals surface area contributed by atoms with Gasteiger partial charge in [-0.25, -0.2) is 14.8 Å². The van der Waals surface area contributed by atoms with Crippen molar-refractivity contribution < 1.29 is 24.5 Å². The largest absolute Gasteiger partial charge is 0.500 e. The number of aromatic nitrogens is 2. The Bertz CT molecular complexity index is 864. The predicted molar refractivity (Wildman–Crippen MR) is 110 cm³/mol. The van der Waals surface area contributed by atoms with Crippen molar-refractivity contribution in [2.24, 2.45) is 5.92 Å². The summed E-state index contributed by atoms with van der Waals surface area (Å²) in [5, 5.41) is 25.5. The van der Waals surface area contributed by atoms with Crippen molar-refractivity contribution in [2.45, 2.75) is 32.5 Å². The van der Waals surface area contributed by atoms with Gasteiger partial charge in [0.15, 0.2) is 0 Å². The van der Waals surface area contributed by atoms with Crippen LogP contribution in [0.2, 0.25) is 0 Å². The van der Waals surface area contributed by atoms with E-state index in [-0.39, 0.29) is 0 Å². The lowest BCUT2D eigenvalue weighted by Crippen LogP contribution is -2.19. The lowest BCUT2D eigenvalue weighted by molar-refractivity contribution is -0.135. The Hall–Kier alpha value is -2.07. The van der Waals surface area contributed by atoms with Crippen LogP contribution in [0.5, 0.6) is 0 Å². The summed E-state index contributed by atoms with van der Waals surface area (Å²) >= 11 is 2.81. The summed E-state index contributed by atoms with van der Waals surface area (Å²) in [5.41, 5.74) is 0.406. The van der Waals surface area contributed by atoms with E-state index in [1.165, 1.54) is 43.0 Å². The predicted octanol–water partition coefficient (Wildman–Crippen LogP) is 3.21. The molecule has 0 aliphatic carbocycles. The molecular weight excluding hydrogens is 400 g/mol. The summed E-state index contributed by atoms with van der Waals surface area (Å²) in [5.74, 6) is -0.659. The molecule has 2 aromatic heterocycles. The second-order valence-corrected chi connectivity index (χ2v) is 8.30. The van der Waals surface area contributed by atoms with Gasteiger partial charge in [-0.3, -0.25) is 0 Å². The first-order valence-corrected chi connectivity index (χ1v) is 10.3. The van der Waals surface area contributed by atoms with Gasteiger partial charge in [-0.1, -0.05) is 13.0 Å². The highest BCUT2D eigenvalue weighted by atomic mass is 32.1. The van der Waals surface area contributed by atoms with Gasteiger partial charge in [0.05, 0.1) is 32.1 Å². The standard InChI is InChI=1S/C19H24N2O5S2/c1-11(15(25-4)8-16(23)26-5)14(22)7-6-12-9-27-17(20-12)13-10-28-18(21-13)19(2,3)24/h6-11,14,22,24H,1-5H3/b7-6+,15-8+/t11-,14+/m1/s1. The van der Waals surface area contributed by atoms with Crippen LogP contribution in [0, 0.1) is 5.92 Å². The zero-order valence-corrected chi connectivity index (χ0v) is 18.0. The molecule has 152 valence electrons. The number of methoxy groups -OCH3 is 2. The third kappa shape index (κ3) is 5.71. The molecule has 2 rings (SSSR count). The average Bonchev–Trinajstić information content (AvgIpc) is 3.31. The monoisotopic (exact) mass is 424 g/mol. The number of aliphatic hydroxyl groups is 2. The van der Waals surface area contributed by atoms with E-state index >= 15 is 0 Å². The zero-order valence-electron chi connectivity index (χ0n) is 16.4. The number of esters is 1. The van der Waals surface area contributed by atoms with Crippen LogP contribution in [0.15, 0.2) is 28.7 Å². The molecule has 0 amide bonds. The van der Waals surface area contributed by atoms with Crippen LogP contribution in [0.25, 0.3) is 16.8 Å². The van der Waals surface area contributed by atoms with Crippen LogP contribution in [0.3, 0.4) is 0 Å². The normalized spacial score (nSPS) is 14.9. The fourth-order valence-corrected chi connectivity index (χ4v) is 3.87. The molecule has 0 unspecified atom stereocenters. The molecule has 2 heterocycles. The van der Waals surface area contributed by atoms with Crippen LogP contribution in [0.4, 0.5) is 0 Å². The van der Waals surface area contributed by atoms with Gasteiger partial charge < -0.3 is 19.7 Å². The third-order valence-corrected chi connectivity index (χ3v) is 5.93. The summed E-state index contributed by atoms with van der Waals surface area (Å²) in [6.07, 6.45) is 3.64. The SMILES string of the molecule is COC(=O)/C=C(/OC)[C@H](C)[C@@H](O)/C=C/c1csc(-c2csc(C(C)(C)O)n2)n1. The number of hydrogen-bond acceptors (Lipinski definition) is 9. The molecule has 0 aromatic carbocycles. The molecule has 9 heteroatoms. The highest BCUT2D eigenvalue weighted by Gasteiger charge is 2.22. The van der Waals surface area contributed by atoms with Gasteiger partial charge in [-0.15, -0.1) is 22.7 Å². The molecule has 0 fully saturated rings. The summed E-state index contributed by atoms with van der Waals surface area (Å²) in [7, 11) is 2.71. The molecule has 0 saturated carbocycles.